The number of carbonyl (C=O) groups is 1. The highest BCUT2D eigenvalue weighted by Crippen LogP contribution is 2.39. The summed E-state index contributed by atoms with van der Waals surface area (Å²) in [6.45, 7) is 3.93. The molecule has 0 aliphatic heterocycles. The molecule has 4 rings (SSSR count). The van der Waals surface area contributed by atoms with E-state index in [4.69, 9.17) is 0 Å². The Morgan fingerprint density at radius 2 is 1.64 bits per heavy atom. The highest BCUT2D eigenvalue weighted by molar-refractivity contribution is 7.92. The molecule has 190 valence electrons. The average Bonchev–Trinajstić information content (AvgIpc) is 2.78. The predicted octanol–water partition coefficient (Wildman–Crippen LogP) is 5.93. The molecule has 36 heavy (non-hydrogen) atoms. The summed E-state index contributed by atoms with van der Waals surface area (Å²) >= 11 is 0. The predicted molar refractivity (Wildman–Crippen MR) is 127 cm³/mol. The molecular formula is C27H25F4NO3S. The topological polar surface area (TPSA) is 64.1 Å². The number of aromatic nitrogens is 1. The Morgan fingerprint density at radius 1 is 0.972 bits per heavy atom. The maximum Gasteiger partial charge on any atom is 0.416 e. The van der Waals surface area contributed by atoms with Crippen LogP contribution in [0.15, 0.2) is 71.8 Å². The summed E-state index contributed by atoms with van der Waals surface area (Å²) < 4.78 is 77.7. The first-order valence-electron chi connectivity index (χ1n) is 11.4. The van der Waals surface area contributed by atoms with Crippen molar-refractivity contribution in [3.8, 4) is 0 Å². The third kappa shape index (κ3) is 5.21. The highest BCUT2D eigenvalue weighted by Gasteiger charge is 2.43. The van der Waals surface area contributed by atoms with Crippen molar-refractivity contribution in [3.63, 3.8) is 0 Å². The average molecular weight is 520 g/mol. The van der Waals surface area contributed by atoms with Crippen molar-refractivity contribution < 1.29 is 30.8 Å². The molecule has 1 aliphatic rings. The number of sulfone groups is 1. The van der Waals surface area contributed by atoms with Crippen molar-refractivity contribution in [1.29, 1.82) is 0 Å². The summed E-state index contributed by atoms with van der Waals surface area (Å²) in [5.41, 5.74) is 0.829. The van der Waals surface area contributed by atoms with Crippen molar-refractivity contribution in [3.05, 3.63) is 95.1 Å². The van der Waals surface area contributed by atoms with Gasteiger partial charge in [-0.3, -0.25) is 9.78 Å². The molecule has 3 aromatic rings. The Morgan fingerprint density at radius 3 is 2.22 bits per heavy atom. The molecule has 2 aromatic carbocycles. The smallest absolute Gasteiger partial charge is 0.299 e. The fourth-order valence-electron chi connectivity index (χ4n) is 4.38. The van der Waals surface area contributed by atoms with E-state index in [0.717, 1.165) is 29.5 Å². The van der Waals surface area contributed by atoms with E-state index in [1.54, 1.807) is 24.4 Å². The lowest BCUT2D eigenvalue weighted by atomic mass is 9.79. The molecule has 1 fully saturated rings. The van der Waals surface area contributed by atoms with E-state index in [9.17, 15) is 30.8 Å². The van der Waals surface area contributed by atoms with Crippen LogP contribution < -0.4 is 0 Å². The van der Waals surface area contributed by atoms with E-state index >= 15 is 0 Å². The quantitative estimate of drug-likeness (QED) is 0.363. The van der Waals surface area contributed by atoms with Crippen LogP contribution in [0.4, 0.5) is 17.6 Å². The normalized spacial score (nSPS) is 18.5. The molecule has 1 saturated carbocycles. The molecule has 0 atom stereocenters. The third-order valence-corrected chi connectivity index (χ3v) is 9.06. The SMILES string of the molecule is CC(C)(c1ccc(F)cc1)c1ccc(CC(=O)C2CC(S(=O)(=O)c3cccc(C(F)(F)F)c3)C2)cn1. The molecule has 0 amide bonds. The van der Waals surface area contributed by atoms with Gasteiger partial charge in [0.2, 0.25) is 0 Å². The van der Waals surface area contributed by atoms with E-state index in [1.807, 2.05) is 19.9 Å². The number of pyridine rings is 1. The van der Waals surface area contributed by atoms with Crippen molar-refractivity contribution in [2.45, 2.75) is 54.8 Å². The summed E-state index contributed by atoms with van der Waals surface area (Å²) in [6, 6.07) is 13.5. The maximum absolute atomic E-state index is 13.3. The molecular weight excluding hydrogens is 494 g/mol. The van der Waals surface area contributed by atoms with Crippen LogP contribution in [0.25, 0.3) is 0 Å². The Hall–Kier alpha value is -3.07. The monoisotopic (exact) mass is 519 g/mol. The molecule has 0 spiro atoms. The minimum atomic E-state index is -4.64. The molecule has 1 aromatic heterocycles. The number of halogens is 4. The zero-order chi connectivity index (χ0) is 26.3. The Kier molecular flexibility index (Phi) is 6.81. The molecule has 0 unspecified atom stereocenters. The van der Waals surface area contributed by atoms with Gasteiger partial charge in [-0.1, -0.05) is 38.1 Å². The number of alkyl halides is 3. The van der Waals surface area contributed by atoms with E-state index in [2.05, 4.69) is 4.98 Å². The summed E-state index contributed by atoms with van der Waals surface area (Å²) in [5.74, 6) is -0.916. The third-order valence-electron chi connectivity index (χ3n) is 6.89. The first-order valence-corrected chi connectivity index (χ1v) is 13.0. The fourth-order valence-corrected chi connectivity index (χ4v) is 6.30. The standard InChI is InChI=1S/C27H25F4NO3S/c1-26(2,19-7-9-21(28)10-8-19)25-11-6-17(16-32-25)12-24(33)18-13-23(14-18)36(34,35)22-5-3-4-20(15-22)27(29,30)31/h3-11,15-16,18,23H,12-14H2,1-2H3. The first-order chi connectivity index (χ1) is 16.8. The lowest BCUT2D eigenvalue weighted by molar-refractivity contribution is -0.137. The Balaban J connectivity index is 1.38. The van der Waals surface area contributed by atoms with Gasteiger partial charge in [-0.15, -0.1) is 0 Å². The largest absolute Gasteiger partial charge is 0.416 e. The van der Waals surface area contributed by atoms with Gasteiger partial charge in [0.25, 0.3) is 0 Å². The van der Waals surface area contributed by atoms with Crippen LogP contribution in [0.2, 0.25) is 0 Å². The molecule has 9 heteroatoms. The van der Waals surface area contributed by atoms with Gasteiger partial charge in [0.05, 0.1) is 21.4 Å². The number of hydrogen-bond donors (Lipinski definition) is 0. The van der Waals surface area contributed by atoms with Crippen LogP contribution in [0.5, 0.6) is 0 Å². The number of rotatable bonds is 7. The van der Waals surface area contributed by atoms with Gasteiger partial charge in [0.1, 0.15) is 11.6 Å². The number of carbonyl (C=O) groups excluding carboxylic acids is 1. The highest BCUT2D eigenvalue weighted by atomic mass is 32.2. The van der Waals surface area contributed by atoms with Crippen LogP contribution in [0.3, 0.4) is 0 Å². The summed E-state index contributed by atoms with van der Waals surface area (Å²) in [6.07, 6.45) is -2.78. The second-order valence-electron chi connectivity index (χ2n) is 9.69. The fraction of sp³-hybridized carbons (Fsp3) is 0.333. The van der Waals surface area contributed by atoms with E-state index in [0.29, 0.717) is 11.6 Å². The zero-order valence-electron chi connectivity index (χ0n) is 19.7. The molecule has 0 bridgehead atoms. The van der Waals surface area contributed by atoms with Gasteiger partial charge < -0.3 is 0 Å². The van der Waals surface area contributed by atoms with Gasteiger partial charge in [-0.25, -0.2) is 12.8 Å². The van der Waals surface area contributed by atoms with Gasteiger partial charge in [-0.2, -0.15) is 13.2 Å². The molecule has 4 nitrogen and oxygen atoms in total. The van der Waals surface area contributed by atoms with E-state index < -0.39 is 38.2 Å². The van der Waals surface area contributed by atoms with Crippen molar-refractivity contribution >= 4 is 15.6 Å². The molecule has 0 saturated heterocycles. The van der Waals surface area contributed by atoms with E-state index in [1.165, 1.54) is 12.1 Å². The van der Waals surface area contributed by atoms with Crippen molar-refractivity contribution in [2.75, 3.05) is 0 Å². The van der Waals surface area contributed by atoms with Gasteiger partial charge in [-0.05, 0) is 60.4 Å². The van der Waals surface area contributed by atoms with Crippen LogP contribution in [-0.4, -0.2) is 24.4 Å². The number of nitrogens with zero attached hydrogens (tertiary/aromatic N) is 1. The van der Waals surface area contributed by atoms with Gasteiger partial charge >= 0.3 is 6.18 Å². The summed E-state index contributed by atoms with van der Waals surface area (Å²) in [7, 11) is -3.96. The zero-order valence-corrected chi connectivity index (χ0v) is 20.5. The minimum absolute atomic E-state index is 0.0839. The first kappa shape index (κ1) is 26.0. The number of Topliss-reactive ketones (excluding diaryl/α,β-unsaturated/α-hetero) is 1. The van der Waals surface area contributed by atoms with E-state index in [-0.39, 0.29) is 35.8 Å². The minimum Gasteiger partial charge on any atom is -0.299 e. The molecule has 0 radical (unpaired) electrons. The Labute approximate surface area is 207 Å². The lowest BCUT2D eigenvalue weighted by Gasteiger charge is -2.34. The Bertz CT molecular complexity index is 1360. The second kappa shape index (κ2) is 9.42. The molecule has 1 aliphatic carbocycles. The lowest BCUT2D eigenvalue weighted by Crippen LogP contribution is -2.40. The number of benzene rings is 2. The number of ketones is 1. The van der Waals surface area contributed by atoms with Gasteiger partial charge in [0, 0.05) is 24.0 Å². The van der Waals surface area contributed by atoms with Crippen LogP contribution in [0.1, 0.15) is 49.1 Å². The van der Waals surface area contributed by atoms with Gasteiger partial charge in [0.15, 0.2) is 9.84 Å². The van der Waals surface area contributed by atoms with Crippen molar-refractivity contribution in [2.24, 2.45) is 5.92 Å². The van der Waals surface area contributed by atoms with Crippen LogP contribution in [-0.2, 0) is 32.6 Å². The van der Waals surface area contributed by atoms with Crippen LogP contribution in [0, 0.1) is 11.7 Å². The molecule has 0 N–H and O–H groups in total. The second-order valence-corrected chi connectivity index (χ2v) is 11.9. The van der Waals surface area contributed by atoms with Crippen LogP contribution >= 0.6 is 0 Å². The summed E-state index contributed by atoms with van der Waals surface area (Å²) in [4.78, 5) is 16.8. The van der Waals surface area contributed by atoms with Crippen molar-refractivity contribution in [1.82, 2.24) is 4.98 Å². The molecule has 1 heterocycles. The number of hydrogen-bond acceptors (Lipinski definition) is 4. The maximum atomic E-state index is 13.3. The summed E-state index contributed by atoms with van der Waals surface area (Å²) in [5, 5.41) is -0.882.